The molecule has 2 rings (SSSR count). The smallest absolute Gasteiger partial charge is 0.313 e. The molecule has 0 aliphatic carbocycles. The van der Waals surface area contributed by atoms with Crippen LogP contribution in [-0.4, -0.2) is 39.0 Å². The lowest BCUT2D eigenvalue weighted by atomic mass is 10.2. The Bertz CT molecular complexity index is 779. The van der Waals surface area contributed by atoms with Crippen molar-refractivity contribution in [2.45, 2.75) is 25.4 Å². The largest absolute Gasteiger partial charge is 0.466 e. The van der Waals surface area contributed by atoms with E-state index in [1.165, 1.54) is 11.8 Å². The first-order valence-corrected chi connectivity index (χ1v) is 8.99. The van der Waals surface area contributed by atoms with Crippen LogP contribution in [0.5, 0.6) is 0 Å². The van der Waals surface area contributed by atoms with Crippen LogP contribution in [0, 0.1) is 6.92 Å². The molecule has 25 heavy (non-hydrogen) atoms. The Hall–Kier alpha value is -2.06. The summed E-state index contributed by atoms with van der Waals surface area (Å²) in [5.74, 6) is 0.117. The van der Waals surface area contributed by atoms with Crippen LogP contribution < -0.4 is 5.32 Å². The minimum Gasteiger partial charge on any atom is -0.466 e. The standard InChI is InChI=1S/C16H19ClN4O3S/c1-4-24-15(23)8-13-19-20-16(21(13)3)25-9-14(22)18-11-6-5-10(2)12(17)7-11/h5-7H,4,8-9H2,1-3H3,(H,18,22). The van der Waals surface area contributed by atoms with E-state index in [0.717, 1.165) is 5.56 Å². The van der Waals surface area contributed by atoms with E-state index in [2.05, 4.69) is 15.5 Å². The predicted octanol–water partition coefficient (Wildman–Crippen LogP) is 2.61. The van der Waals surface area contributed by atoms with E-state index >= 15 is 0 Å². The van der Waals surface area contributed by atoms with Crippen molar-refractivity contribution in [3.05, 3.63) is 34.6 Å². The van der Waals surface area contributed by atoms with Crippen LogP contribution in [0.25, 0.3) is 0 Å². The molecule has 9 heteroatoms. The highest BCUT2D eigenvalue weighted by Gasteiger charge is 2.15. The number of hydrogen-bond acceptors (Lipinski definition) is 6. The van der Waals surface area contributed by atoms with Crippen molar-refractivity contribution < 1.29 is 14.3 Å². The van der Waals surface area contributed by atoms with Crippen molar-refractivity contribution in [1.29, 1.82) is 0 Å². The van der Waals surface area contributed by atoms with Gasteiger partial charge in [-0.3, -0.25) is 9.59 Å². The average Bonchev–Trinajstić information content (AvgIpc) is 2.89. The summed E-state index contributed by atoms with van der Waals surface area (Å²) in [5.41, 5.74) is 1.59. The molecular formula is C16H19ClN4O3S. The van der Waals surface area contributed by atoms with E-state index in [9.17, 15) is 9.59 Å². The van der Waals surface area contributed by atoms with Crippen molar-refractivity contribution in [2.24, 2.45) is 7.05 Å². The third kappa shape index (κ3) is 5.47. The summed E-state index contributed by atoms with van der Waals surface area (Å²) in [6.07, 6.45) is 0.0476. The third-order valence-electron chi connectivity index (χ3n) is 3.32. The van der Waals surface area contributed by atoms with E-state index < -0.39 is 0 Å². The van der Waals surface area contributed by atoms with Gasteiger partial charge in [-0.25, -0.2) is 0 Å². The monoisotopic (exact) mass is 382 g/mol. The molecule has 0 radical (unpaired) electrons. The Kier molecular flexibility index (Phi) is 6.83. The number of anilines is 1. The molecule has 1 heterocycles. The van der Waals surface area contributed by atoms with Gasteiger partial charge in [0, 0.05) is 17.8 Å². The molecule has 0 unspecified atom stereocenters. The average molecular weight is 383 g/mol. The van der Waals surface area contributed by atoms with Crippen molar-refractivity contribution in [3.63, 3.8) is 0 Å². The molecule has 0 saturated carbocycles. The number of esters is 1. The molecule has 0 aliphatic rings. The molecule has 1 amide bonds. The van der Waals surface area contributed by atoms with Crippen LogP contribution in [-0.2, 0) is 27.8 Å². The van der Waals surface area contributed by atoms with Crippen molar-refractivity contribution >= 4 is 40.9 Å². The number of hydrogen-bond donors (Lipinski definition) is 1. The summed E-state index contributed by atoms with van der Waals surface area (Å²) in [6, 6.07) is 5.35. The van der Waals surface area contributed by atoms with E-state index in [1.54, 1.807) is 30.7 Å². The Morgan fingerprint density at radius 1 is 1.36 bits per heavy atom. The molecule has 0 spiro atoms. The number of nitrogens with zero attached hydrogens (tertiary/aromatic N) is 3. The molecule has 0 bridgehead atoms. The number of nitrogens with one attached hydrogen (secondary N) is 1. The number of rotatable bonds is 7. The first-order chi connectivity index (χ1) is 11.9. The lowest BCUT2D eigenvalue weighted by Gasteiger charge is -2.07. The second-order valence-electron chi connectivity index (χ2n) is 5.24. The second kappa shape index (κ2) is 8.87. The highest BCUT2D eigenvalue weighted by molar-refractivity contribution is 7.99. The van der Waals surface area contributed by atoms with Gasteiger partial charge in [-0.15, -0.1) is 10.2 Å². The van der Waals surface area contributed by atoms with Crippen LogP contribution in [0.4, 0.5) is 5.69 Å². The van der Waals surface area contributed by atoms with Crippen LogP contribution in [0.15, 0.2) is 23.4 Å². The number of benzene rings is 1. The van der Waals surface area contributed by atoms with Crippen molar-refractivity contribution in [2.75, 3.05) is 17.7 Å². The quantitative estimate of drug-likeness (QED) is 0.585. The number of ether oxygens (including phenoxy) is 1. The normalized spacial score (nSPS) is 10.6. The zero-order valence-electron chi connectivity index (χ0n) is 14.2. The van der Waals surface area contributed by atoms with Gasteiger partial charge in [-0.1, -0.05) is 29.4 Å². The number of carbonyl (C=O) groups excluding carboxylic acids is 2. The predicted molar refractivity (Wildman–Crippen MR) is 96.9 cm³/mol. The van der Waals surface area contributed by atoms with Crippen LogP contribution in [0.2, 0.25) is 5.02 Å². The van der Waals surface area contributed by atoms with E-state index in [4.69, 9.17) is 16.3 Å². The Morgan fingerprint density at radius 2 is 2.12 bits per heavy atom. The molecule has 0 aliphatic heterocycles. The van der Waals surface area contributed by atoms with Gasteiger partial charge < -0.3 is 14.6 Å². The zero-order chi connectivity index (χ0) is 18.4. The van der Waals surface area contributed by atoms with Gasteiger partial charge in [0.25, 0.3) is 0 Å². The summed E-state index contributed by atoms with van der Waals surface area (Å²) in [5, 5.41) is 11.9. The third-order valence-corrected chi connectivity index (χ3v) is 4.75. The summed E-state index contributed by atoms with van der Waals surface area (Å²) in [7, 11) is 1.74. The maximum absolute atomic E-state index is 12.1. The van der Waals surface area contributed by atoms with E-state index in [1.807, 2.05) is 13.0 Å². The van der Waals surface area contributed by atoms with Gasteiger partial charge in [-0.05, 0) is 31.5 Å². The lowest BCUT2D eigenvalue weighted by molar-refractivity contribution is -0.142. The summed E-state index contributed by atoms with van der Waals surface area (Å²) < 4.78 is 6.57. The highest BCUT2D eigenvalue weighted by Crippen LogP contribution is 2.21. The van der Waals surface area contributed by atoms with Crippen LogP contribution in [0.3, 0.4) is 0 Å². The maximum atomic E-state index is 12.1. The fraction of sp³-hybridized carbons (Fsp3) is 0.375. The highest BCUT2D eigenvalue weighted by atomic mass is 35.5. The summed E-state index contributed by atoms with van der Waals surface area (Å²) >= 11 is 7.28. The van der Waals surface area contributed by atoms with Gasteiger partial charge in [0.1, 0.15) is 12.2 Å². The van der Waals surface area contributed by atoms with Gasteiger partial charge >= 0.3 is 5.97 Å². The first kappa shape index (κ1) is 19.3. The minimum atomic E-state index is -0.358. The minimum absolute atomic E-state index is 0.0476. The number of amides is 1. The number of carbonyl (C=O) groups is 2. The Labute approximate surface area is 155 Å². The second-order valence-corrected chi connectivity index (χ2v) is 6.59. The van der Waals surface area contributed by atoms with Gasteiger partial charge in [0.05, 0.1) is 12.4 Å². The molecule has 134 valence electrons. The van der Waals surface area contributed by atoms with Gasteiger partial charge in [0.2, 0.25) is 5.91 Å². The van der Waals surface area contributed by atoms with E-state index in [0.29, 0.717) is 28.3 Å². The molecule has 1 aromatic heterocycles. The maximum Gasteiger partial charge on any atom is 0.313 e. The van der Waals surface area contributed by atoms with Crippen molar-refractivity contribution in [3.8, 4) is 0 Å². The molecule has 0 fully saturated rings. The van der Waals surface area contributed by atoms with Crippen LogP contribution >= 0.6 is 23.4 Å². The van der Waals surface area contributed by atoms with Gasteiger partial charge in [0.15, 0.2) is 5.16 Å². The van der Waals surface area contributed by atoms with Crippen molar-refractivity contribution in [1.82, 2.24) is 14.8 Å². The van der Waals surface area contributed by atoms with E-state index in [-0.39, 0.29) is 24.1 Å². The summed E-state index contributed by atoms with van der Waals surface area (Å²) in [6.45, 7) is 3.96. The molecule has 1 aromatic carbocycles. The first-order valence-electron chi connectivity index (χ1n) is 7.63. The topological polar surface area (TPSA) is 86.1 Å². The molecule has 1 N–H and O–H groups in total. The van der Waals surface area contributed by atoms with Gasteiger partial charge in [-0.2, -0.15) is 0 Å². The molecule has 2 aromatic rings. The number of aryl methyl sites for hydroxylation is 1. The number of halogens is 1. The fourth-order valence-electron chi connectivity index (χ4n) is 1.96. The molecule has 7 nitrogen and oxygen atoms in total. The Balaban J connectivity index is 1.90. The lowest BCUT2D eigenvalue weighted by Crippen LogP contribution is -2.15. The Morgan fingerprint density at radius 3 is 2.80 bits per heavy atom. The van der Waals surface area contributed by atoms with Crippen LogP contribution in [0.1, 0.15) is 18.3 Å². The molecular weight excluding hydrogens is 364 g/mol. The fourth-order valence-corrected chi connectivity index (χ4v) is 2.87. The number of thioether (sulfide) groups is 1. The molecule has 0 atom stereocenters. The number of aromatic nitrogens is 3. The SMILES string of the molecule is CCOC(=O)Cc1nnc(SCC(=O)Nc2ccc(C)c(Cl)c2)n1C. The molecule has 0 saturated heterocycles. The zero-order valence-corrected chi connectivity index (χ0v) is 15.8. The summed E-state index contributed by atoms with van der Waals surface area (Å²) in [4.78, 5) is 23.6.